The zero-order valence-electron chi connectivity index (χ0n) is 15.5. The van der Waals surface area contributed by atoms with Crippen LogP contribution in [-0.4, -0.2) is 39.6 Å². The van der Waals surface area contributed by atoms with E-state index in [-0.39, 0.29) is 0 Å². The van der Waals surface area contributed by atoms with Gasteiger partial charge in [-0.3, -0.25) is 4.98 Å². The van der Waals surface area contributed by atoms with Gasteiger partial charge in [-0.25, -0.2) is 15.0 Å². The standard InChI is InChI=1S/C21H24N6/c1-2-17-13-20(26-21(25-17)18-7-3-5-10-22-18)27-12-9-16(15-27)14-24-19-8-4-6-11-23-19/h3-8,10-11,13,16H,2,9,12,14-15H2,1H3,(H,23,24). The molecule has 0 amide bonds. The van der Waals surface area contributed by atoms with Gasteiger partial charge in [0.2, 0.25) is 0 Å². The van der Waals surface area contributed by atoms with Crippen LogP contribution in [0.3, 0.4) is 0 Å². The molecule has 138 valence electrons. The van der Waals surface area contributed by atoms with Crippen molar-refractivity contribution in [2.75, 3.05) is 29.9 Å². The average molecular weight is 360 g/mol. The largest absolute Gasteiger partial charge is 0.370 e. The van der Waals surface area contributed by atoms with Crippen molar-refractivity contribution in [2.24, 2.45) is 5.92 Å². The first-order chi connectivity index (χ1) is 13.3. The summed E-state index contributed by atoms with van der Waals surface area (Å²) < 4.78 is 0. The van der Waals surface area contributed by atoms with Crippen LogP contribution in [0.5, 0.6) is 0 Å². The molecule has 0 saturated carbocycles. The highest BCUT2D eigenvalue weighted by atomic mass is 15.2. The molecule has 3 aromatic rings. The van der Waals surface area contributed by atoms with E-state index in [4.69, 9.17) is 4.98 Å². The van der Waals surface area contributed by atoms with Crippen LogP contribution in [0.25, 0.3) is 11.5 Å². The lowest BCUT2D eigenvalue weighted by Crippen LogP contribution is -2.24. The van der Waals surface area contributed by atoms with E-state index in [1.807, 2.05) is 42.6 Å². The highest BCUT2D eigenvalue weighted by Crippen LogP contribution is 2.25. The van der Waals surface area contributed by atoms with Crippen LogP contribution in [0.15, 0.2) is 54.9 Å². The van der Waals surface area contributed by atoms with E-state index in [0.717, 1.165) is 55.5 Å². The summed E-state index contributed by atoms with van der Waals surface area (Å²) in [4.78, 5) is 20.6. The summed E-state index contributed by atoms with van der Waals surface area (Å²) in [6.45, 7) is 5.04. The molecule has 4 heterocycles. The van der Waals surface area contributed by atoms with Crippen molar-refractivity contribution < 1.29 is 0 Å². The number of hydrogen-bond acceptors (Lipinski definition) is 6. The van der Waals surface area contributed by atoms with Crippen molar-refractivity contribution in [3.05, 3.63) is 60.6 Å². The number of aryl methyl sites for hydroxylation is 1. The van der Waals surface area contributed by atoms with Crippen molar-refractivity contribution in [3.63, 3.8) is 0 Å². The Bertz CT molecular complexity index is 868. The number of nitrogens with one attached hydrogen (secondary N) is 1. The molecule has 6 heteroatoms. The predicted molar refractivity (Wildman–Crippen MR) is 108 cm³/mol. The molecule has 1 aliphatic heterocycles. The zero-order chi connectivity index (χ0) is 18.5. The maximum atomic E-state index is 4.81. The lowest BCUT2D eigenvalue weighted by molar-refractivity contribution is 0.621. The molecular weight excluding hydrogens is 336 g/mol. The van der Waals surface area contributed by atoms with Crippen LogP contribution in [0.4, 0.5) is 11.6 Å². The Morgan fingerprint density at radius 1 is 1.07 bits per heavy atom. The lowest BCUT2D eigenvalue weighted by atomic mass is 10.1. The van der Waals surface area contributed by atoms with Crippen molar-refractivity contribution in [1.82, 2.24) is 19.9 Å². The van der Waals surface area contributed by atoms with Gasteiger partial charge in [-0.05, 0) is 43.0 Å². The van der Waals surface area contributed by atoms with Gasteiger partial charge in [0.1, 0.15) is 17.3 Å². The zero-order valence-corrected chi connectivity index (χ0v) is 15.5. The van der Waals surface area contributed by atoms with Crippen LogP contribution >= 0.6 is 0 Å². The summed E-state index contributed by atoms with van der Waals surface area (Å²) in [6.07, 6.45) is 5.62. The van der Waals surface area contributed by atoms with E-state index in [1.54, 1.807) is 6.20 Å². The lowest BCUT2D eigenvalue weighted by Gasteiger charge is -2.19. The van der Waals surface area contributed by atoms with Gasteiger partial charge in [0.15, 0.2) is 5.82 Å². The summed E-state index contributed by atoms with van der Waals surface area (Å²) in [5.74, 6) is 3.22. The molecule has 0 aromatic carbocycles. The van der Waals surface area contributed by atoms with E-state index in [9.17, 15) is 0 Å². The van der Waals surface area contributed by atoms with E-state index in [0.29, 0.717) is 11.7 Å². The molecule has 1 unspecified atom stereocenters. The molecule has 0 bridgehead atoms. The topological polar surface area (TPSA) is 66.8 Å². The summed E-state index contributed by atoms with van der Waals surface area (Å²) in [5.41, 5.74) is 1.87. The normalized spacial score (nSPS) is 16.5. The maximum absolute atomic E-state index is 4.81. The second-order valence-corrected chi connectivity index (χ2v) is 6.81. The Balaban J connectivity index is 1.47. The minimum absolute atomic E-state index is 0.574. The first-order valence-electron chi connectivity index (χ1n) is 9.51. The van der Waals surface area contributed by atoms with Gasteiger partial charge in [-0.2, -0.15) is 0 Å². The third-order valence-corrected chi connectivity index (χ3v) is 4.87. The van der Waals surface area contributed by atoms with E-state index >= 15 is 0 Å². The van der Waals surface area contributed by atoms with E-state index in [1.165, 1.54) is 0 Å². The number of pyridine rings is 2. The fourth-order valence-electron chi connectivity index (χ4n) is 3.36. The molecule has 6 nitrogen and oxygen atoms in total. The highest BCUT2D eigenvalue weighted by molar-refractivity contribution is 5.54. The van der Waals surface area contributed by atoms with Crippen LogP contribution < -0.4 is 10.2 Å². The Morgan fingerprint density at radius 2 is 1.93 bits per heavy atom. The summed E-state index contributed by atoms with van der Waals surface area (Å²) in [7, 11) is 0. The highest BCUT2D eigenvalue weighted by Gasteiger charge is 2.24. The number of rotatable bonds is 6. The van der Waals surface area contributed by atoms with Crippen LogP contribution in [-0.2, 0) is 6.42 Å². The molecule has 3 aromatic heterocycles. The molecule has 1 saturated heterocycles. The Morgan fingerprint density at radius 3 is 2.67 bits per heavy atom. The molecule has 27 heavy (non-hydrogen) atoms. The van der Waals surface area contributed by atoms with Crippen molar-refractivity contribution in [1.29, 1.82) is 0 Å². The Hall–Kier alpha value is -3.02. The average Bonchev–Trinajstić information content (AvgIpc) is 3.22. The van der Waals surface area contributed by atoms with Gasteiger partial charge in [-0.15, -0.1) is 0 Å². The summed E-state index contributed by atoms with van der Waals surface area (Å²) >= 11 is 0. The van der Waals surface area contributed by atoms with E-state index in [2.05, 4.69) is 38.2 Å². The molecular formula is C21H24N6. The van der Waals surface area contributed by atoms with E-state index < -0.39 is 0 Å². The Kier molecular flexibility index (Phi) is 5.23. The number of hydrogen-bond donors (Lipinski definition) is 1. The molecule has 4 rings (SSSR count). The van der Waals surface area contributed by atoms with Crippen molar-refractivity contribution in [2.45, 2.75) is 19.8 Å². The minimum Gasteiger partial charge on any atom is -0.370 e. The minimum atomic E-state index is 0.574. The fourth-order valence-corrected chi connectivity index (χ4v) is 3.36. The number of aromatic nitrogens is 4. The number of nitrogens with zero attached hydrogens (tertiary/aromatic N) is 5. The van der Waals surface area contributed by atoms with Crippen LogP contribution in [0, 0.1) is 5.92 Å². The third-order valence-electron chi connectivity index (χ3n) is 4.87. The summed E-state index contributed by atoms with van der Waals surface area (Å²) in [5, 5.41) is 3.44. The van der Waals surface area contributed by atoms with Crippen molar-refractivity contribution in [3.8, 4) is 11.5 Å². The summed E-state index contributed by atoms with van der Waals surface area (Å²) in [6, 6.07) is 13.9. The first kappa shape index (κ1) is 17.4. The fraction of sp³-hybridized carbons (Fsp3) is 0.333. The SMILES string of the molecule is CCc1cc(N2CCC(CNc3ccccn3)C2)nc(-c2ccccn2)n1. The molecule has 1 aliphatic rings. The molecule has 1 fully saturated rings. The van der Waals surface area contributed by atoms with Gasteiger partial charge in [-0.1, -0.05) is 19.1 Å². The first-order valence-corrected chi connectivity index (χ1v) is 9.51. The van der Waals surface area contributed by atoms with Gasteiger partial charge < -0.3 is 10.2 Å². The third kappa shape index (κ3) is 4.22. The van der Waals surface area contributed by atoms with Crippen molar-refractivity contribution >= 4 is 11.6 Å². The second kappa shape index (κ2) is 8.12. The monoisotopic (exact) mass is 360 g/mol. The smallest absolute Gasteiger partial charge is 0.180 e. The predicted octanol–water partition coefficient (Wildman–Crippen LogP) is 3.43. The Labute approximate surface area is 159 Å². The molecule has 0 radical (unpaired) electrons. The number of anilines is 2. The maximum Gasteiger partial charge on any atom is 0.180 e. The van der Waals surface area contributed by atoms with Crippen LogP contribution in [0.2, 0.25) is 0 Å². The van der Waals surface area contributed by atoms with Gasteiger partial charge >= 0.3 is 0 Å². The molecule has 0 aliphatic carbocycles. The molecule has 1 atom stereocenters. The quantitative estimate of drug-likeness (QED) is 0.726. The van der Waals surface area contributed by atoms with Crippen LogP contribution in [0.1, 0.15) is 19.0 Å². The van der Waals surface area contributed by atoms with Gasteiger partial charge in [0, 0.05) is 43.8 Å². The second-order valence-electron chi connectivity index (χ2n) is 6.81. The van der Waals surface area contributed by atoms with Gasteiger partial charge in [0.05, 0.1) is 0 Å². The molecule has 0 spiro atoms. The molecule has 1 N–H and O–H groups in total. The van der Waals surface area contributed by atoms with Gasteiger partial charge in [0.25, 0.3) is 0 Å².